The average molecular weight is 567 g/mol. The van der Waals surface area contributed by atoms with Gasteiger partial charge in [-0.25, -0.2) is 9.37 Å². The molecule has 0 aliphatic carbocycles. The summed E-state index contributed by atoms with van der Waals surface area (Å²) in [4.78, 5) is 9.26. The predicted molar refractivity (Wildman–Crippen MR) is 130 cm³/mol. The van der Waals surface area contributed by atoms with E-state index >= 15 is 4.39 Å². The van der Waals surface area contributed by atoms with Crippen LogP contribution in [0, 0.1) is 5.82 Å². The molecule has 0 amide bonds. The maximum absolute atomic E-state index is 15.1. The largest absolute Gasteiger partial charge is 0.345 e. The summed E-state index contributed by atoms with van der Waals surface area (Å²) in [6, 6.07) is 5.74. The first-order valence-electron chi connectivity index (χ1n) is 10.6. The van der Waals surface area contributed by atoms with Gasteiger partial charge in [-0.05, 0) is 35.0 Å². The predicted octanol–water partition coefficient (Wildman–Crippen LogP) is 5.71. The van der Waals surface area contributed by atoms with Crippen LogP contribution in [-0.4, -0.2) is 53.2 Å². The van der Waals surface area contributed by atoms with Crippen LogP contribution < -0.4 is 0 Å². The number of pyridine rings is 1. The molecule has 0 saturated heterocycles. The van der Waals surface area contributed by atoms with E-state index in [1.807, 2.05) is 0 Å². The minimum atomic E-state index is -2.91. The third-order valence-corrected chi connectivity index (χ3v) is 6.99. The fraction of sp³-hybridized carbons (Fsp3) is 0.182. The molecular formula is C22H15Cl2F3N8OS. The van der Waals surface area contributed by atoms with Crippen molar-refractivity contribution in [2.45, 2.75) is 19.1 Å². The molecule has 0 aliphatic rings. The van der Waals surface area contributed by atoms with Crippen molar-refractivity contribution >= 4 is 34.5 Å². The summed E-state index contributed by atoms with van der Waals surface area (Å²) in [6.45, 7) is -3.15. The Hall–Kier alpha value is -3.39. The summed E-state index contributed by atoms with van der Waals surface area (Å²) >= 11 is 13.5. The zero-order valence-corrected chi connectivity index (χ0v) is 20.9. The Morgan fingerprint density at radius 2 is 1.92 bits per heavy atom. The number of rotatable bonds is 9. The first kappa shape index (κ1) is 25.3. The Kier molecular flexibility index (Phi) is 7.46. The van der Waals surface area contributed by atoms with E-state index in [1.165, 1.54) is 34.6 Å². The molecule has 0 fully saturated rings. The topological polar surface area (TPSA) is 96.4 Å². The molecule has 0 spiro atoms. The van der Waals surface area contributed by atoms with E-state index in [4.69, 9.17) is 23.2 Å². The quantitative estimate of drug-likeness (QED) is 0.225. The van der Waals surface area contributed by atoms with E-state index in [0.717, 1.165) is 10.4 Å². The lowest BCUT2D eigenvalue weighted by Crippen LogP contribution is -2.16. The van der Waals surface area contributed by atoms with Crippen molar-refractivity contribution in [2.75, 3.05) is 6.61 Å². The highest BCUT2D eigenvalue weighted by atomic mass is 35.5. The third kappa shape index (κ3) is 5.34. The molecule has 4 aromatic heterocycles. The monoisotopic (exact) mass is 566 g/mol. The number of alkyl halides is 2. The molecule has 0 radical (unpaired) electrons. The van der Waals surface area contributed by atoms with Crippen LogP contribution in [0.2, 0.25) is 10.2 Å². The van der Waals surface area contributed by atoms with Crippen molar-refractivity contribution < 1.29 is 17.9 Å². The minimum absolute atomic E-state index is 0.0799. The van der Waals surface area contributed by atoms with Crippen molar-refractivity contribution in [3.63, 3.8) is 0 Å². The molecule has 37 heavy (non-hydrogen) atoms. The SMILES string of the molecule is Fc1c(Cl)ccc(-n2cnnn2)c1-c1ccc(C(CCOC(F)F)n2cc(-c3scnc3Cl)cn2)nc1. The van der Waals surface area contributed by atoms with Crippen LogP contribution in [0.4, 0.5) is 13.2 Å². The molecule has 1 aromatic carbocycles. The number of halogens is 5. The van der Waals surface area contributed by atoms with Crippen molar-refractivity contribution in [1.29, 1.82) is 0 Å². The van der Waals surface area contributed by atoms with Gasteiger partial charge in [0.25, 0.3) is 0 Å². The van der Waals surface area contributed by atoms with Gasteiger partial charge in [0.15, 0.2) is 5.82 Å². The van der Waals surface area contributed by atoms with Gasteiger partial charge in [-0.2, -0.15) is 18.6 Å². The van der Waals surface area contributed by atoms with Gasteiger partial charge in [0, 0.05) is 29.1 Å². The van der Waals surface area contributed by atoms with Gasteiger partial charge in [-0.15, -0.1) is 16.4 Å². The molecule has 9 nitrogen and oxygen atoms in total. The standard InChI is InChI=1S/C22H15Cl2F3N8OS/c23-14-2-4-17(35-10-30-32-33-35)18(19(14)25)12-1-3-15(28-7-12)16(5-6-36-22(26)27)34-9-13(8-31-34)20-21(24)29-11-37-20/h1-4,7-11,16,22H,5-6H2. The molecule has 190 valence electrons. The van der Waals surface area contributed by atoms with Gasteiger partial charge in [0.05, 0.1) is 45.6 Å². The molecular weight excluding hydrogens is 552 g/mol. The van der Waals surface area contributed by atoms with Gasteiger partial charge >= 0.3 is 6.61 Å². The lowest BCUT2D eigenvalue weighted by Gasteiger charge is -2.18. The summed E-state index contributed by atoms with van der Waals surface area (Å²) in [5, 5.41) is 15.7. The van der Waals surface area contributed by atoms with Crippen molar-refractivity contribution in [3.05, 3.63) is 76.4 Å². The van der Waals surface area contributed by atoms with E-state index < -0.39 is 18.5 Å². The van der Waals surface area contributed by atoms with E-state index in [2.05, 4.69) is 35.3 Å². The Morgan fingerprint density at radius 3 is 2.59 bits per heavy atom. The molecule has 1 unspecified atom stereocenters. The molecule has 5 rings (SSSR count). The Bertz CT molecular complexity index is 1490. The molecule has 1 atom stereocenters. The summed E-state index contributed by atoms with van der Waals surface area (Å²) in [6.07, 6.45) is 6.28. The molecule has 4 heterocycles. The van der Waals surface area contributed by atoms with Crippen LogP contribution in [0.25, 0.3) is 27.3 Å². The summed E-state index contributed by atoms with van der Waals surface area (Å²) in [7, 11) is 0. The summed E-state index contributed by atoms with van der Waals surface area (Å²) in [5.74, 6) is -0.663. The van der Waals surface area contributed by atoms with E-state index in [9.17, 15) is 8.78 Å². The first-order valence-corrected chi connectivity index (χ1v) is 12.3. The smallest absolute Gasteiger partial charge is 0.323 e. The normalized spacial score (nSPS) is 12.4. The number of thiazole rings is 1. The van der Waals surface area contributed by atoms with Gasteiger partial charge in [-0.3, -0.25) is 9.67 Å². The first-order chi connectivity index (χ1) is 17.9. The highest BCUT2D eigenvalue weighted by Crippen LogP contribution is 2.35. The van der Waals surface area contributed by atoms with Gasteiger partial charge in [-0.1, -0.05) is 29.3 Å². The zero-order valence-electron chi connectivity index (χ0n) is 18.5. The van der Waals surface area contributed by atoms with Crippen molar-refractivity contribution in [1.82, 2.24) is 40.0 Å². The van der Waals surface area contributed by atoms with Crippen molar-refractivity contribution in [3.8, 4) is 27.3 Å². The number of hydrogen-bond acceptors (Lipinski definition) is 8. The number of ether oxygens (including phenoxy) is 1. The lowest BCUT2D eigenvalue weighted by molar-refractivity contribution is -0.130. The molecule has 0 saturated carbocycles. The maximum Gasteiger partial charge on any atom is 0.345 e. The van der Waals surface area contributed by atoms with Crippen molar-refractivity contribution in [2.24, 2.45) is 0 Å². The van der Waals surface area contributed by atoms with Gasteiger partial charge in [0.1, 0.15) is 11.5 Å². The van der Waals surface area contributed by atoms with E-state index in [-0.39, 0.29) is 23.6 Å². The second-order valence-electron chi connectivity index (χ2n) is 7.60. The highest BCUT2D eigenvalue weighted by Gasteiger charge is 2.21. The van der Waals surface area contributed by atoms with Gasteiger partial charge < -0.3 is 4.74 Å². The third-order valence-electron chi connectivity index (χ3n) is 5.43. The molecule has 0 N–H and O–H groups in total. The molecule has 5 aromatic rings. The van der Waals surface area contributed by atoms with Gasteiger partial charge in [0.2, 0.25) is 0 Å². The Balaban J connectivity index is 1.50. The molecule has 15 heteroatoms. The van der Waals surface area contributed by atoms with Crippen LogP contribution >= 0.6 is 34.5 Å². The second-order valence-corrected chi connectivity index (χ2v) is 9.22. The minimum Gasteiger partial charge on any atom is -0.323 e. The van der Waals surface area contributed by atoms with Crippen LogP contribution in [0.3, 0.4) is 0 Å². The fourth-order valence-corrected chi connectivity index (χ4v) is 4.92. The van der Waals surface area contributed by atoms with E-state index in [0.29, 0.717) is 22.1 Å². The van der Waals surface area contributed by atoms with Crippen LogP contribution in [-0.2, 0) is 4.74 Å². The molecule has 0 aliphatic heterocycles. The Morgan fingerprint density at radius 1 is 1.05 bits per heavy atom. The van der Waals surface area contributed by atoms with Crippen LogP contribution in [0.15, 0.2) is 54.7 Å². The average Bonchev–Trinajstić information content (AvgIpc) is 3.66. The number of nitrogens with zero attached hydrogens (tertiary/aromatic N) is 8. The van der Waals surface area contributed by atoms with E-state index in [1.54, 1.807) is 40.8 Å². The van der Waals surface area contributed by atoms with Crippen LogP contribution in [0.5, 0.6) is 0 Å². The lowest BCUT2D eigenvalue weighted by atomic mass is 10.0. The molecule has 0 bridgehead atoms. The maximum atomic E-state index is 15.1. The fourth-order valence-electron chi connectivity index (χ4n) is 3.76. The van der Waals surface area contributed by atoms with Crippen LogP contribution in [0.1, 0.15) is 18.2 Å². The highest BCUT2D eigenvalue weighted by molar-refractivity contribution is 7.13. The summed E-state index contributed by atoms with van der Waals surface area (Å²) < 4.78 is 47.8. The number of hydrogen-bond donors (Lipinski definition) is 0. The summed E-state index contributed by atoms with van der Waals surface area (Å²) in [5.41, 5.74) is 3.75. The number of aromatic nitrogens is 8. The number of benzene rings is 1. The zero-order chi connectivity index (χ0) is 25.9. The number of tetrazole rings is 1. The second kappa shape index (κ2) is 10.9. The Labute approximate surface area is 221 Å².